The minimum atomic E-state index is -0.868. The summed E-state index contributed by atoms with van der Waals surface area (Å²) in [6.07, 6.45) is 0. The maximum absolute atomic E-state index is 13.6. The molecule has 0 saturated carbocycles. The number of aliphatic carboxylic acids is 1. The van der Waals surface area contributed by atoms with Gasteiger partial charge in [0.05, 0.1) is 4.90 Å². The van der Waals surface area contributed by atoms with Crippen LogP contribution in [0.4, 0.5) is 4.39 Å². The molecular formula is C24H24FNO3S. The van der Waals surface area contributed by atoms with Gasteiger partial charge in [0, 0.05) is 11.4 Å². The van der Waals surface area contributed by atoms with E-state index in [1.165, 1.54) is 23.9 Å². The third-order valence-corrected chi connectivity index (χ3v) is 5.82. The van der Waals surface area contributed by atoms with Gasteiger partial charge in [0.15, 0.2) is 0 Å². The summed E-state index contributed by atoms with van der Waals surface area (Å²) in [7, 11) is 1.75. The molecule has 0 heterocycles. The van der Waals surface area contributed by atoms with E-state index >= 15 is 0 Å². The summed E-state index contributed by atoms with van der Waals surface area (Å²) in [5, 5.41) is 9.12. The molecule has 30 heavy (non-hydrogen) atoms. The van der Waals surface area contributed by atoms with Gasteiger partial charge in [-0.2, -0.15) is 0 Å². The Balaban J connectivity index is 1.81. The summed E-state index contributed by atoms with van der Waals surface area (Å²) in [5.41, 5.74) is 2.12. The van der Waals surface area contributed by atoms with Crippen molar-refractivity contribution >= 4 is 17.7 Å². The van der Waals surface area contributed by atoms with Crippen molar-refractivity contribution in [3.63, 3.8) is 0 Å². The van der Waals surface area contributed by atoms with Crippen LogP contribution in [0.25, 0.3) is 11.1 Å². The van der Waals surface area contributed by atoms with E-state index in [2.05, 4.69) is 0 Å². The van der Waals surface area contributed by atoms with Crippen LogP contribution in [0, 0.1) is 5.82 Å². The lowest BCUT2D eigenvalue weighted by Gasteiger charge is -2.21. The molecule has 156 valence electrons. The van der Waals surface area contributed by atoms with E-state index in [0.29, 0.717) is 18.9 Å². The van der Waals surface area contributed by atoms with Crippen molar-refractivity contribution in [2.75, 3.05) is 20.2 Å². The van der Waals surface area contributed by atoms with Gasteiger partial charge in [0.25, 0.3) is 0 Å². The van der Waals surface area contributed by atoms with Crippen molar-refractivity contribution in [3.05, 3.63) is 78.6 Å². The van der Waals surface area contributed by atoms with Crippen LogP contribution in [-0.4, -0.2) is 42.2 Å². The lowest BCUT2D eigenvalue weighted by molar-refractivity contribution is -0.142. The number of carboxylic acid groups (broad SMARTS) is 1. The van der Waals surface area contributed by atoms with Crippen LogP contribution in [0.1, 0.15) is 6.92 Å². The SMILES string of the molecule is CC(C(=O)O)N(C)CCOc1ccc(-c2ccccc2)cc1Sc1cccc(F)c1. The zero-order valence-electron chi connectivity index (χ0n) is 16.9. The molecule has 0 amide bonds. The van der Waals surface area contributed by atoms with Crippen LogP contribution in [0.15, 0.2) is 82.6 Å². The van der Waals surface area contributed by atoms with Crippen LogP contribution in [0.2, 0.25) is 0 Å². The Kier molecular flexibility index (Phi) is 7.49. The number of halogens is 1. The Morgan fingerprint density at radius 1 is 1.07 bits per heavy atom. The second-order valence-corrected chi connectivity index (χ2v) is 8.05. The summed E-state index contributed by atoms with van der Waals surface area (Å²) in [6, 6.07) is 21.8. The predicted octanol–water partition coefficient (Wildman–Crippen LogP) is 5.43. The third-order valence-electron chi connectivity index (χ3n) is 4.79. The molecule has 0 radical (unpaired) electrons. The van der Waals surface area contributed by atoms with Gasteiger partial charge in [-0.15, -0.1) is 0 Å². The van der Waals surface area contributed by atoms with Gasteiger partial charge in [-0.1, -0.05) is 54.2 Å². The fraction of sp³-hybridized carbons (Fsp3) is 0.208. The Labute approximate surface area is 180 Å². The van der Waals surface area contributed by atoms with Gasteiger partial charge < -0.3 is 9.84 Å². The van der Waals surface area contributed by atoms with Crippen molar-refractivity contribution in [1.29, 1.82) is 0 Å². The first-order chi connectivity index (χ1) is 14.4. The van der Waals surface area contributed by atoms with Crippen LogP contribution in [0.5, 0.6) is 5.75 Å². The number of hydrogen-bond donors (Lipinski definition) is 1. The van der Waals surface area contributed by atoms with Crippen molar-refractivity contribution in [2.24, 2.45) is 0 Å². The van der Waals surface area contributed by atoms with Crippen molar-refractivity contribution in [1.82, 2.24) is 4.90 Å². The molecule has 1 N–H and O–H groups in total. The number of benzene rings is 3. The molecule has 0 spiro atoms. The molecule has 0 aliphatic heterocycles. The number of carbonyl (C=O) groups is 1. The summed E-state index contributed by atoms with van der Waals surface area (Å²) in [5.74, 6) is -0.474. The second-order valence-electron chi connectivity index (χ2n) is 6.93. The summed E-state index contributed by atoms with van der Waals surface area (Å²) < 4.78 is 19.6. The normalized spacial score (nSPS) is 12.0. The fourth-order valence-corrected chi connectivity index (χ4v) is 3.84. The molecule has 0 saturated heterocycles. The molecule has 6 heteroatoms. The van der Waals surface area contributed by atoms with E-state index in [1.807, 2.05) is 54.6 Å². The lowest BCUT2D eigenvalue weighted by atomic mass is 10.1. The summed E-state index contributed by atoms with van der Waals surface area (Å²) in [4.78, 5) is 14.5. The van der Waals surface area contributed by atoms with E-state index in [-0.39, 0.29) is 5.82 Å². The van der Waals surface area contributed by atoms with Crippen LogP contribution >= 0.6 is 11.8 Å². The summed E-state index contributed by atoms with van der Waals surface area (Å²) in [6.45, 7) is 2.45. The first kappa shape index (κ1) is 21.9. The number of likely N-dealkylation sites (N-methyl/N-ethyl adjacent to an activating group) is 1. The molecule has 0 aliphatic carbocycles. The maximum atomic E-state index is 13.6. The van der Waals surface area contributed by atoms with Gasteiger partial charge in [-0.05, 0) is 55.4 Å². The number of hydrogen-bond acceptors (Lipinski definition) is 4. The molecule has 0 aromatic heterocycles. The highest BCUT2D eigenvalue weighted by atomic mass is 32.2. The Hall–Kier alpha value is -2.83. The second kappa shape index (κ2) is 10.3. The fourth-order valence-electron chi connectivity index (χ4n) is 2.86. The topological polar surface area (TPSA) is 49.8 Å². The zero-order valence-corrected chi connectivity index (χ0v) is 17.7. The molecule has 3 aromatic carbocycles. The van der Waals surface area contributed by atoms with Crippen LogP contribution in [0.3, 0.4) is 0 Å². The lowest BCUT2D eigenvalue weighted by Crippen LogP contribution is -2.38. The highest BCUT2D eigenvalue weighted by molar-refractivity contribution is 7.99. The van der Waals surface area contributed by atoms with Crippen molar-refractivity contribution in [3.8, 4) is 16.9 Å². The highest BCUT2D eigenvalue weighted by Gasteiger charge is 2.16. The van der Waals surface area contributed by atoms with Crippen molar-refractivity contribution < 1.29 is 19.0 Å². The summed E-state index contributed by atoms with van der Waals surface area (Å²) >= 11 is 1.43. The first-order valence-corrected chi connectivity index (χ1v) is 10.4. The quantitative estimate of drug-likeness (QED) is 0.496. The van der Waals surface area contributed by atoms with Gasteiger partial charge in [0.2, 0.25) is 0 Å². The average molecular weight is 426 g/mol. The largest absolute Gasteiger partial charge is 0.491 e. The van der Waals surface area contributed by atoms with Gasteiger partial charge in [-0.25, -0.2) is 4.39 Å². The Morgan fingerprint density at radius 2 is 1.83 bits per heavy atom. The standard InChI is InChI=1S/C24H24FNO3S/c1-17(24(27)28)26(2)13-14-29-22-12-11-19(18-7-4-3-5-8-18)15-23(22)30-21-10-6-9-20(25)16-21/h3-12,15-17H,13-14H2,1-2H3,(H,27,28). The van der Waals surface area contributed by atoms with E-state index < -0.39 is 12.0 Å². The smallest absolute Gasteiger partial charge is 0.320 e. The zero-order chi connectivity index (χ0) is 21.5. The van der Waals surface area contributed by atoms with Gasteiger partial charge >= 0.3 is 5.97 Å². The number of ether oxygens (including phenoxy) is 1. The van der Waals surface area contributed by atoms with E-state index in [4.69, 9.17) is 9.84 Å². The maximum Gasteiger partial charge on any atom is 0.320 e. The average Bonchev–Trinajstić information content (AvgIpc) is 2.74. The van der Waals surface area contributed by atoms with E-state index in [0.717, 1.165) is 20.9 Å². The number of carboxylic acids is 1. The van der Waals surface area contributed by atoms with Crippen LogP contribution < -0.4 is 4.74 Å². The molecule has 3 aromatic rings. The molecule has 0 bridgehead atoms. The predicted molar refractivity (Wildman–Crippen MR) is 118 cm³/mol. The van der Waals surface area contributed by atoms with Crippen molar-refractivity contribution in [2.45, 2.75) is 22.8 Å². The number of nitrogens with zero attached hydrogens (tertiary/aromatic N) is 1. The van der Waals surface area contributed by atoms with Gasteiger partial charge in [-0.3, -0.25) is 9.69 Å². The van der Waals surface area contributed by atoms with Gasteiger partial charge in [0.1, 0.15) is 24.2 Å². The number of rotatable bonds is 9. The Bertz CT molecular complexity index is 997. The highest BCUT2D eigenvalue weighted by Crippen LogP contribution is 2.38. The minimum absolute atomic E-state index is 0.286. The van der Waals surface area contributed by atoms with Crippen LogP contribution in [-0.2, 0) is 4.79 Å². The minimum Gasteiger partial charge on any atom is -0.491 e. The molecule has 1 unspecified atom stereocenters. The van der Waals surface area contributed by atoms with E-state index in [9.17, 15) is 9.18 Å². The molecule has 0 aliphatic rings. The molecule has 4 nitrogen and oxygen atoms in total. The Morgan fingerprint density at radius 3 is 2.53 bits per heavy atom. The molecule has 0 fully saturated rings. The van der Waals surface area contributed by atoms with E-state index in [1.54, 1.807) is 24.9 Å². The molecular weight excluding hydrogens is 401 g/mol. The molecule has 3 rings (SSSR count). The third kappa shape index (κ3) is 5.84. The first-order valence-electron chi connectivity index (χ1n) is 9.63. The monoisotopic (exact) mass is 425 g/mol. The molecule has 1 atom stereocenters.